The number of pyridine rings is 1. The molecule has 32 heavy (non-hydrogen) atoms. The first-order valence-electron chi connectivity index (χ1n) is 13.9. The van der Waals surface area contributed by atoms with Gasteiger partial charge in [0, 0.05) is 37.3 Å². The smallest absolute Gasteiger partial charge is 0.0609 e. The highest BCUT2D eigenvalue weighted by Gasteiger charge is 2.34. The molecule has 1 aromatic rings. The molecule has 5 aliphatic rings. The molecule has 0 amide bonds. The first kappa shape index (κ1) is 21.5. The van der Waals surface area contributed by atoms with Crippen LogP contribution in [0.25, 0.3) is 0 Å². The molecule has 0 saturated heterocycles. The van der Waals surface area contributed by atoms with Gasteiger partial charge in [0.2, 0.25) is 0 Å². The third-order valence-corrected chi connectivity index (χ3v) is 9.09. The van der Waals surface area contributed by atoms with Crippen molar-refractivity contribution in [3.63, 3.8) is 0 Å². The molecule has 5 nitrogen and oxygen atoms in total. The topological polar surface area (TPSA) is 61.0 Å². The minimum Gasteiger partial charge on any atom is -0.311 e. The summed E-state index contributed by atoms with van der Waals surface area (Å²) in [4.78, 5) is 5.50. The molecule has 176 valence electrons. The molecule has 6 atom stereocenters. The second kappa shape index (κ2) is 9.69. The Bertz CT molecular complexity index is 733. The first-order valence-corrected chi connectivity index (χ1v) is 13.9. The van der Waals surface area contributed by atoms with Crippen molar-refractivity contribution in [3.8, 4) is 0 Å². The Kier molecular flexibility index (Phi) is 6.52. The Hall–Kier alpha value is -1.01. The average molecular weight is 438 g/mol. The van der Waals surface area contributed by atoms with Gasteiger partial charge in [-0.15, -0.1) is 0 Å². The van der Waals surface area contributed by atoms with Gasteiger partial charge in [-0.05, 0) is 75.3 Å². The maximum absolute atomic E-state index is 5.50. The van der Waals surface area contributed by atoms with Crippen LogP contribution in [0.3, 0.4) is 0 Å². The van der Waals surface area contributed by atoms with Gasteiger partial charge in [-0.2, -0.15) is 0 Å². The molecular weight excluding hydrogens is 394 g/mol. The molecule has 4 N–H and O–H groups in total. The van der Waals surface area contributed by atoms with E-state index in [2.05, 4.69) is 27.3 Å². The van der Waals surface area contributed by atoms with Gasteiger partial charge in [-0.3, -0.25) is 4.98 Å². The Balaban J connectivity index is 1.35. The summed E-state index contributed by atoms with van der Waals surface area (Å²) in [6, 6.07) is 5.80. The van der Waals surface area contributed by atoms with Gasteiger partial charge < -0.3 is 21.3 Å². The van der Waals surface area contributed by atoms with Crippen LogP contribution >= 0.6 is 0 Å². The average Bonchev–Trinajstić information content (AvgIpc) is 2.83. The molecule has 1 aromatic heterocycles. The zero-order valence-corrected chi connectivity index (χ0v) is 19.8. The van der Waals surface area contributed by atoms with Gasteiger partial charge >= 0.3 is 0 Å². The number of nitrogens with zero attached hydrogens (tertiary/aromatic N) is 1. The van der Waals surface area contributed by atoms with Crippen LogP contribution in [0.1, 0.15) is 112 Å². The molecule has 0 aromatic carbocycles. The van der Waals surface area contributed by atoms with E-state index in [1.165, 1.54) is 112 Å². The molecule has 4 aliphatic carbocycles. The van der Waals surface area contributed by atoms with Crippen molar-refractivity contribution in [1.82, 2.24) is 26.3 Å². The molecular formula is C27H43N5. The molecule has 2 saturated carbocycles. The number of hydrogen-bond acceptors (Lipinski definition) is 5. The fraction of sp³-hybridized carbons (Fsp3) is 0.815. The first-order chi connectivity index (χ1) is 15.8. The molecule has 2 fully saturated rings. The van der Waals surface area contributed by atoms with E-state index in [4.69, 9.17) is 4.98 Å². The van der Waals surface area contributed by atoms with E-state index in [-0.39, 0.29) is 0 Å². The van der Waals surface area contributed by atoms with Crippen molar-refractivity contribution in [2.24, 2.45) is 0 Å². The molecule has 2 unspecified atom stereocenters. The number of nitrogens with one attached hydrogen (secondary N) is 4. The number of fused-ring (bicyclic) bond motifs is 2. The maximum atomic E-state index is 5.50. The van der Waals surface area contributed by atoms with Gasteiger partial charge in [0.25, 0.3) is 0 Å². The molecule has 2 bridgehead atoms. The third kappa shape index (κ3) is 4.38. The molecule has 0 spiro atoms. The van der Waals surface area contributed by atoms with Crippen molar-refractivity contribution < 1.29 is 0 Å². The van der Waals surface area contributed by atoms with Gasteiger partial charge in [0.15, 0.2) is 0 Å². The summed E-state index contributed by atoms with van der Waals surface area (Å²) < 4.78 is 0. The SMILES string of the molecule is c1c2c3nc4c1CCC[C@@H]4N[C@@H]1CCCCC1NCCNC1CCCC[C@H]1N[C@H]3CCC2. The van der Waals surface area contributed by atoms with Crippen molar-refractivity contribution in [1.29, 1.82) is 0 Å². The number of rotatable bonds is 0. The van der Waals surface area contributed by atoms with Crippen LogP contribution < -0.4 is 21.3 Å². The van der Waals surface area contributed by atoms with Crippen LogP contribution in [-0.2, 0) is 12.8 Å². The van der Waals surface area contributed by atoms with Gasteiger partial charge in [0.05, 0.1) is 23.5 Å². The molecule has 2 heterocycles. The van der Waals surface area contributed by atoms with Crippen LogP contribution in [0.5, 0.6) is 0 Å². The summed E-state index contributed by atoms with van der Waals surface area (Å²) in [7, 11) is 0. The minimum atomic E-state index is 0.435. The predicted octanol–water partition coefficient (Wildman–Crippen LogP) is 3.83. The molecule has 5 heteroatoms. The lowest BCUT2D eigenvalue weighted by Crippen LogP contribution is -2.54. The molecule has 1 aliphatic heterocycles. The van der Waals surface area contributed by atoms with E-state index in [1.807, 2.05) is 0 Å². The van der Waals surface area contributed by atoms with Crippen LogP contribution in [0.2, 0.25) is 0 Å². The van der Waals surface area contributed by atoms with Crippen molar-refractivity contribution >= 4 is 0 Å². The molecule has 0 radical (unpaired) electrons. The van der Waals surface area contributed by atoms with Crippen molar-refractivity contribution in [2.75, 3.05) is 13.1 Å². The summed E-state index contributed by atoms with van der Waals surface area (Å²) in [6.45, 7) is 2.17. The highest BCUT2D eigenvalue weighted by molar-refractivity contribution is 5.37. The fourth-order valence-corrected chi connectivity index (χ4v) is 7.41. The number of aromatic nitrogens is 1. The fourth-order valence-electron chi connectivity index (χ4n) is 7.41. The standard InChI is InChI=1S/C27H43N5/c1-3-11-22-20(9-1)28-15-16-29-21-10-2-4-12-23(21)31-25-14-6-8-19-17-18-7-5-13-24(30-22)26(18)32-27(19)25/h17,20-25,28-31H,1-16H2/t20?,21?,22-,23-,24+,25+/m1/s1. The highest BCUT2D eigenvalue weighted by Crippen LogP contribution is 2.37. The zero-order valence-electron chi connectivity index (χ0n) is 19.8. The van der Waals surface area contributed by atoms with Crippen molar-refractivity contribution in [3.05, 3.63) is 28.6 Å². The number of hydrogen-bond donors (Lipinski definition) is 4. The van der Waals surface area contributed by atoms with Crippen LogP contribution in [0.4, 0.5) is 0 Å². The quantitative estimate of drug-likeness (QED) is 0.497. The lowest BCUT2D eigenvalue weighted by molar-refractivity contribution is 0.243. The zero-order chi connectivity index (χ0) is 21.3. The summed E-state index contributed by atoms with van der Waals surface area (Å²) in [5, 5.41) is 16.1. The Morgan fingerprint density at radius 2 is 1.03 bits per heavy atom. The summed E-state index contributed by atoms with van der Waals surface area (Å²) in [5.74, 6) is 0. The van der Waals surface area contributed by atoms with E-state index in [1.54, 1.807) is 0 Å². The second-order valence-electron chi connectivity index (χ2n) is 11.2. The third-order valence-electron chi connectivity index (χ3n) is 9.09. The largest absolute Gasteiger partial charge is 0.311 e. The lowest BCUT2D eigenvalue weighted by atomic mass is 9.83. The van der Waals surface area contributed by atoms with Crippen LogP contribution in [0, 0.1) is 0 Å². The maximum Gasteiger partial charge on any atom is 0.0609 e. The highest BCUT2D eigenvalue weighted by atomic mass is 15.1. The van der Waals surface area contributed by atoms with Gasteiger partial charge in [-0.1, -0.05) is 31.7 Å². The normalized spacial score (nSPS) is 38.0. The van der Waals surface area contributed by atoms with E-state index < -0.39 is 0 Å². The lowest BCUT2D eigenvalue weighted by Gasteiger charge is -2.38. The van der Waals surface area contributed by atoms with Gasteiger partial charge in [-0.25, -0.2) is 0 Å². The summed E-state index contributed by atoms with van der Waals surface area (Å²) in [5.41, 5.74) is 5.85. The van der Waals surface area contributed by atoms with E-state index in [0.29, 0.717) is 36.3 Å². The summed E-state index contributed by atoms with van der Waals surface area (Å²) in [6.07, 6.45) is 18.2. The van der Waals surface area contributed by atoms with Crippen LogP contribution in [0.15, 0.2) is 6.07 Å². The van der Waals surface area contributed by atoms with Crippen LogP contribution in [-0.4, -0.2) is 42.2 Å². The van der Waals surface area contributed by atoms with E-state index >= 15 is 0 Å². The predicted molar refractivity (Wildman–Crippen MR) is 130 cm³/mol. The Morgan fingerprint density at radius 1 is 0.562 bits per heavy atom. The Labute approximate surface area is 194 Å². The number of aryl methyl sites for hydroxylation is 2. The Morgan fingerprint density at radius 3 is 1.53 bits per heavy atom. The second-order valence-corrected chi connectivity index (χ2v) is 11.2. The van der Waals surface area contributed by atoms with Crippen molar-refractivity contribution in [2.45, 2.75) is 126 Å². The monoisotopic (exact) mass is 437 g/mol. The van der Waals surface area contributed by atoms with Gasteiger partial charge in [0.1, 0.15) is 0 Å². The molecule has 6 rings (SSSR count). The minimum absolute atomic E-state index is 0.435. The van der Waals surface area contributed by atoms with E-state index in [9.17, 15) is 0 Å². The summed E-state index contributed by atoms with van der Waals surface area (Å²) >= 11 is 0. The van der Waals surface area contributed by atoms with E-state index in [0.717, 1.165) is 13.1 Å².